The number of hydrogen-bond donors (Lipinski definition) is 1. The van der Waals surface area contributed by atoms with Gasteiger partial charge in [0, 0.05) is 16.6 Å². The first-order chi connectivity index (χ1) is 9.72. The van der Waals surface area contributed by atoms with Gasteiger partial charge in [0.25, 0.3) is 0 Å². The topological polar surface area (TPSA) is 37.8 Å². The fraction of sp³-hybridized carbons (Fsp3) is 0.333. The van der Waals surface area contributed by atoms with Crippen molar-refractivity contribution in [2.45, 2.75) is 32.2 Å². The van der Waals surface area contributed by atoms with Crippen molar-refractivity contribution < 1.29 is 0 Å². The molecule has 1 aliphatic carbocycles. The lowest BCUT2D eigenvalue weighted by atomic mass is 9.97. The van der Waals surface area contributed by atoms with Crippen molar-refractivity contribution in [1.29, 1.82) is 0 Å². The number of halogens is 2. The monoisotopic (exact) mass is 351 g/mol. The molecule has 0 saturated carbocycles. The van der Waals surface area contributed by atoms with Gasteiger partial charge < -0.3 is 5.32 Å². The van der Waals surface area contributed by atoms with Gasteiger partial charge in [-0.3, -0.25) is 0 Å². The summed E-state index contributed by atoms with van der Waals surface area (Å²) in [5.74, 6) is 0.624. The van der Waals surface area contributed by atoms with E-state index in [2.05, 4.69) is 43.3 Å². The van der Waals surface area contributed by atoms with E-state index in [1.807, 2.05) is 12.1 Å². The summed E-state index contributed by atoms with van der Waals surface area (Å²) >= 11 is 9.68. The number of nitrogens with zero attached hydrogens (tertiary/aromatic N) is 2. The van der Waals surface area contributed by atoms with Crippen molar-refractivity contribution in [3.05, 3.63) is 50.7 Å². The molecule has 5 heteroatoms. The fourth-order valence-corrected chi connectivity index (χ4v) is 2.96. The molecule has 1 N–H and O–H groups in total. The molecular weight excluding hydrogens is 338 g/mol. The predicted octanol–water partition coefficient (Wildman–Crippen LogP) is 4.38. The van der Waals surface area contributed by atoms with Crippen LogP contribution in [0.15, 0.2) is 28.7 Å². The molecule has 0 amide bonds. The van der Waals surface area contributed by atoms with E-state index in [4.69, 9.17) is 11.6 Å². The Morgan fingerprint density at radius 2 is 1.85 bits per heavy atom. The zero-order chi connectivity index (χ0) is 13.9. The predicted molar refractivity (Wildman–Crippen MR) is 85.2 cm³/mol. The third-order valence-electron chi connectivity index (χ3n) is 3.50. The Labute approximate surface area is 131 Å². The minimum absolute atomic E-state index is 0.605. The highest BCUT2D eigenvalue weighted by Crippen LogP contribution is 2.26. The van der Waals surface area contributed by atoms with Gasteiger partial charge in [-0.15, -0.1) is 0 Å². The Kier molecular flexibility index (Phi) is 4.22. The van der Waals surface area contributed by atoms with E-state index in [0.29, 0.717) is 17.6 Å². The lowest BCUT2D eigenvalue weighted by Crippen LogP contribution is -2.11. The number of rotatable bonds is 3. The molecule has 1 aromatic carbocycles. The summed E-state index contributed by atoms with van der Waals surface area (Å²) in [6.45, 7) is 0.697. The highest BCUT2D eigenvalue weighted by molar-refractivity contribution is 9.10. The quantitative estimate of drug-likeness (QED) is 0.833. The van der Waals surface area contributed by atoms with Crippen LogP contribution in [0, 0.1) is 0 Å². The van der Waals surface area contributed by atoms with Gasteiger partial charge in [-0.1, -0.05) is 39.7 Å². The molecule has 3 rings (SSSR count). The first-order valence-electron chi connectivity index (χ1n) is 6.76. The first-order valence-corrected chi connectivity index (χ1v) is 7.93. The van der Waals surface area contributed by atoms with Gasteiger partial charge >= 0.3 is 0 Å². The molecule has 0 atom stereocenters. The Hall–Kier alpha value is -1.13. The average molecular weight is 353 g/mol. The molecule has 0 bridgehead atoms. The maximum absolute atomic E-state index is 6.25. The van der Waals surface area contributed by atoms with Crippen LogP contribution in [-0.2, 0) is 19.4 Å². The number of aromatic nitrogens is 2. The average Bonchev–Trinajstić information content (AvgIpc) is 2.47. The maximum atomic E-state index is 6.25. The third kappa shape index (κ3) is 3.13. The van der Waals surface area contributed by atoms with Crippen LogP contribution < -0.4 is 5.32 Å². The van der Waals surface area contributed by atoms with Crippen molar-refractivity contribution in [3.8, 4) is 0 Å². The number of aryl methyl sites for hydroxylation is 1. The molecule has 3 nitrogen and oxygen atoms in total. The van der Waals surface area contributed by atoms with Crippen molar-refractivity contribution >= 4 is 33.5 Å². The minimum atomic E-state index is 0.605. The van der Waals surface area contributed by atoms with Crippen LogP contribution in [-0.4, -0.2) is 9.97 Å². The van der Waals surface area contributed by atoms with Crippen molar-refractivity contribution in [3.63, 3.8) is 0 Å². The molecule has 2 aromatic rings. The van der Waals surface area contributed by atoms with Crippen LogP contribution in [0.2, 0.25) is 5.15 Å². The van der Waals surface area contributed by atoms with E-state index in [9.17, 15) is 0 Å². The third-order valence-corrected chi connectivity index (χ3v) is 4.34. The van der Waals surface area contributed by atoms with Crippen LogP contribution in [0.5, 0.6) is 0 Å². The maximum Gasteiger partial charge on any atom is 0.224 e. The van der Waals surface area contributed by atoms with Crippen LogP contribution in [0.25, 0.3) is 0 Å². The Bertz CT molecular complexity index is 613. The number of fused-ring (bicyclic) bond motifs is 1. The normalized spacial score (nSPS) is 13.9. The van der Waals surface area contributed by atoms with Gasteiger partial charge in [-0.2, -0.15) is 0 Å². The second-order valence-corrected chi connectivity index (χ2v) is 6.22. The largest absolute Gasteiger partial charge is 0.350 e. The number of benzene rings is 1. The molecule has 0 spiro atoms. The number of anilines is 1. The van der Waals surface area contributed by atoms with Gasteiger partial charge in [0.2, 0.25) is 5.95 Å². The van der Waals surface area contributed by atoms with Gasteiger partial charge in [0.1, 0.15) is 5.15 Å². The van der Waals surface area contributed by atoms with Gasteiger partial charge in [-0.05, 0) is 43.4 Å². The molecule has 0 fully saturated rings. The van der Waals surface area contributed by atoms with E-state index >= 15 is 0 Å². The lowest BCUT2D eigenvalue weighted by molar-refractivity contribution is 0.663. The lowest BCUT2D eigenvalue weighted by Gasteiger charge is -2.16. The number of hydrogen-bond acceptors (Lipinski definition) is 3. The number of nitrogens with one attached hydrogen (secondary N) is 1. The van der Waals surface area contributed by atoms with Crippen LogP contribution in [0.1, 0.15) is 29.7 Å². The van der Waals surface area contributed by atoms with E-state index < -0.39 is 0 Å². The Balaban J connectivity index is 1.74. The zero-order valence-corrected chi connectivity index (χ0v) is 13.3. The second kappa shape index (κ2) is 6.10. The second-order valence-electron chi connectivity index (χ2n) is 4.95. The molecule has 1 heterocycles. The van der Waals surface area contributed by atoms with Crippen LogP contribution in [0.4, 0.5) is 5.95 Å². The molecular formula is C15H15BrClN3. The summed E-state index contributed by atoms with van der Waals surface area (Å²) in [4.78, 5) is 8.94. The van der Waals surface area contributed by atoms with Gasteiger partial charge in [0.05, 0.1) is 5.69 Å². The van der Waals surface area contributed by atoms with Crippen molar-refractivity contribution in [1.82, 2.24) is 9.97 Å². The van der Waals surface area contributed by atoms with Gasteiger partial charge in [0.15, 0.2) is 0 Å². The van der Waals surface area contributed by atoms with Crippen LogP contribution in [0.3, 0.4) is 0 Å². The summed E-state index contributed by atoms with van der Waals surface area (Å²) in [6.07, 6.45) is 4.37. The highest BCUT2D eigenvalue weighted by Gasteiger charge is 2.16. The summed E-state index contributed by atoms with van der Waals surface area (Å²) in [5, 5.41) is 3.85. The van der Waals surface area contributed by atoms with E-state index in [1.165, 1.54) is 18.4 Å². The fourth-order valence-electron chi connectivity index (χ4n) is 2.41. The first kappa shape index (κ1) is 13.8. The summed E-state index contributed by atoms with van der Waals surface area (Å²) in [6, 6.07) is 8.18. The summed E-state index contributed by atoms with van der Waals surface area (Å²) in [7, 11) is 0. The van der Waals surface area contributed by atoms with Gasteiger partial charge in [-0.25, -0.2) is 9.97 Å². The summed E-state index contributed by atoms with van der Waals surface area (Å²) in [5.41, 5.74) is 3.42. The minimum Gasteiger partial charge on any atom is -0.350 e. The molecule has 20 heavy (non-hydrogen) atoms. The van der Waals surface area contributed by atoms with Crippen LogP contribution >= 0.6 is 27.5 Å². The van der Waals surface area contributed by atoms with E-state index in [1.54, 1.807) is 0 Å². The van der Waals surface area contributed by atoms with Crippen molar-refractivity contribution in [2.75, 3.05) is 5.32 Å². The molecule has 1 aromatic heterocycles. The molecule has 0 unspecified atom stereocenters. The van der Waals surface area contributed by atoms with E-state index in [-0.39, 0.29) is 0 Å². The standard InChI is InChI=1S/C15H15BrClN3/c16-11-7-5-10(6-8-11)9-18-15-19-13-4-2-1-3-12(13)14(17)20-15/h5-8H,1-4,9H2,(H,18,19,20). The Morgan fingerprint density at radius 3 is 2.65 bits per heavy atom. The van der Waals surface area contributed by atoms with E-state index in [0.717, 1.165) is 28.6 Å². The zero-order valence-electron chi connectivity index (χ0n) is 11.0. The van der Waals surface area contributed by atoms with Crippen molar-refractivity contribution in [2.24, 2.45) is 0 Å². The summed E-state index contributed by atoms with van der Waals surface area (Å²) < 4.78 is 1.08. The molecule has 104 valence electrons. The Morgan fingerprint density at radius 1 is 1.10 bits per heavy atom. The molecule has 0 aliphatic heterocycles. The molecule has 0 saturated heterocycles. The molecule has 0 radical (unpaired) electrons. The molecule has 1 aliphatic rings. The highest BCUT2D eigenvalue weighted by atomic mass is 79.9. The SMILES string of the molecule is Clc1nc(NCc2ccc(Br)cc2)nc2c1CCCC2. The smallest absolute Gasteiger partial charge is 0.224 e.